The van der Waals surface area contributed by atoms with Crippen molar-refractivity contribution in [1.29, 1.82) is 0 Å². The van der Waals surface area contributed by atoms with E-state index in [1.54, 1.807) is 13.0 Å². The van der Waals surface area contributed by atoms with Gasteiger partial charge >= 0.3 is 0 Å². The van der Waals surface area contributed by atoms with Gasteiger partial charge in [0.05, 0.1) is 23.3 Å². The van der Waals surface area contributed by atoms with E-state index in [0.717, 1.165) is 57.2 Å². The number of thioether (sulfide) groups is 1. The fraction of sp³-hybridized carbons (Fsp3) is 0.591. The number of benzene rings is 1. The smallest absolute Gasteiger partial charge is 0.269 e. The highest BCUT2D eigenvalue weighted by Gasteiger charge is 2.26. The molecule has 0 spiro atoms. The van der Waals surface area contributed by atoms with Gasteiger partial charge in [-0.3, -0.25) is 19.5 Å². The van der Waals surface area contributed by atoms with Crippen molar-refractivity contribution < 1.29 is 14.5 Å². The van der Waals surface area contributed by atoms with E-state index in [9.17, 15) is 14.9 Å². The minimum atomic E-state index is -0.448. The first-order valence-electron chi connectivity index (χ1n) is 11.4. The molecule has 10 nitrogen and oxygen atoms in total. The second-order valence-corrected chi connectivity index (χ2v) is 9.73. The van der Waals surface area contributed by atoms with Crippen molar-refractivity contribution in [3.05, 3.63) is 33.9 Å². The van der Waals surface area contributed by atoms with E-state index in [0.29, 0.717) is 23.0 Å². The number of non-ortho nitro benzene ring substituents is 1. The third-order valence-electron chi connectivity index (χ3n) is 6.20. The summed E-state index contributed by atoms with van der Waals surface area (Å²) < 4.78 is 7.95. The molecule has 33 heavy (non-hydrogen) atoms. The second-order valence-electron chi connectivity index (χ2n) is 8.79. The number of nitro groups is 1. The average Bonchev–Trinajstić information content (AvgIpc) is 3.45. The van der Waals surface area contributed by atoms with E-state index in [1.807, 2.05) is 0 Å². The van der Waals surface area contributed by atoms with Crippen molar-refractivity contribution in [2.45, 2.75) is 57.3 Å². The minimum absolute atomic E-state index is 0.00161. The van der Waals surface area contributed by atoms with E-state index in [4.69, 9.17) is 4.74 Å². The van der Waals surface area contributed by atoms with Crippen molar-refractivity contribution in [2.24, 2.45) is 5.92 Å². The molecule has 1 N–H and O–H groups in total. The molecule has 0 bridgehead atoms. The number of nitro benzene ring substituents is 1. The quantitative estimate of drug-likeness (QED) is 0.350. The van der Waals surface area contributed by atoms with Crippen molar-refractivity contribution in [3.8, 4) is 0 Å². The molecule has 2 aliphatic heterocycles. The predicted molar refractivity (Wildman–Crippen MR) is 127 cm³/mol. The van der Waals surface area contributed by atoms with Crippen LogP contribution in [-0.4, -0.2) is 57.1 Å². The van der Waals surface area contributed by atoms with Gasteiger partial charge in [0.2, 0.25) is 11.9 Å². The van der Waals surface area contributed by atoms with Crippen molar-refractivity contribution >= 4 is 35.0 Å². The number of nitrogens with one attached hydrogen (secondary N) is 1. The maximum Gasteiger partial charge on any atom is 0.269 e. The number of nitrogens with zero attached hydrogens (tertiary/aromatic N) is 5. The summed E-state index contributed by atoms with van der Waals surface area (Å²) in [5.41, 5.74) is 1.21. The summed E-state index contributed by atoms with van der Waals surface area (Å²) >= 11 is 1.34. The highest BCUT2D eigenvalue weighted by atomic mass is 32.2. The van der Waals surface area contributed by atoms with Crippen molar-refractivity contribution in [1.82, 2.24) is 14.8 Å². The molecule has 178 valence electrons. The summed E-state index contributed by atoms with van der Waals surface area (Å²) in [6.07, 6.45) is 4.47. The normalized spacial score (nSPS) is 19.1. The highest BCUT2D eigenvalue weighted by Crippen LogP contribution is 2.28. The lowest BCUT2D eigenvalue weighted by atomic mass is 10.00. The van der Waals surface area contributed by atoms with Gasteiger partial charge in [0.15, 0.2) is 5.16 Å². The first kappa shape index (κ1) is 23.5. The third kappa shape index (κ3) is 5.83. The van der Waals surface area contributed by atoms with E-state index in [2.05, 4.69) is 31.9 Å². The number of carbonyl (C=O) groups is 1. The number of aromatic nitrogens is 3. The highest BCUT2D eigenvalue weighted by molar-refractivity contribution is 7.99. The van der Waals surface area contributed by atoms with Crippen LogP contribution in [0.3, 0.4) is 0 Å². The van der Waals surface area contributed by atoms with Crippen molar-refractivity contribution in [3.63, 3.8) is 0 Å². The molecule has 2 fully saturated rings. The lowest BCUT2D eigenvalue weighted by Gasteiger charge is -2.31. The van der Waals surface area contributed by atoms with Gasteiger partial charge in [-0.2, -0.15) is 0 Å². The van der Waals surface area contributed by atoms with Crippen LogP contribution in [-0.2, 0) is 16.1 Å². The van der Waals surface area contributed by atoms with Crippen LogP contribution in [0.2, 0.25) is 0 Å². The van der Waals surface area contributed by atoms with Gasteiger partial charge in [0.25, 0.3) is 5.69 Å². The summed E-state index contributed by atoms with van der Waals surface area (Å²) in [5, 5.41) is 23.3. The number of hydrogen-bond donors (Lipinski definition) is 1. The molecule has 1 aromatic heterocycles. The number of piperidine rings is 1. The zero-order valence-corrected chi connectivity index (χ0v) is 19.8. The van der Waals surface area contributed by atoms with Gasteiger partial charge in [0, 0.05) is 37.5 Å². The minimum Gasteiger partial charge on any atom is -0.376 e. The molecular weight excluding hydrogens is 444 g/mol. The fourth-order valence-corrected chi connectivity index (χ4v) is 4.94. The molecule has 4 rings (SSSR count). The molecule has 2 saturated heterocycles. The summed E-state index contributed by atoms with van der Waals surface area (Å²) in [7, 11) is 0. The zero-order valence-electron chi connectivity index (χ0n) is 19.0. The molecule has 1 atom stereocenters. The molecule has 0 radical (unpaired) electrons. The molecule has 11 heteroatoms. The number of carbonyl (C=O) groups excluding carboxylic acids is 1. The first-order chi connectivity index (χ1) is 15.9. The Bertz CT molecular complexity index is 999. The van der Waals surface area contributed by atoms with E-state index >= 15 is 0 Å². The monoisotopic (exact) mass is 474 g/mol. The number of anilines is 2. The first-order valence-corrected chi connectivity index (χ1v) is 12.4. The van der Waals surface area contributed by atoms with Crippen molar-refractivity contribution in [2.75, 3.05) is 35.7 Å². The Balaban J connectivity index is 1.43. The van der Waals surface area contributed by atoms with E-state index < -0.39 is 4.92 Å². The molecule has 2 aliphatic rings. The summed E-state index contributed by atoms with van der Waals surface area (Å²) in [6.45, 7) is 7.38. The lowest BCUT2D eigenvalue weighted by molar-refractivity contribution is -0.384. The summed E-state index contributed by atoms with van der Waals surface area (Å²) in [5.74, 6) is 1.54. The van der Waals surface area contributed by atoms with Gasteiger partial charge in [-0.1, -0.05) is 18.7 Å². The number of amides is 1. The van der Waals surface area contributed by atoms with E-state index in [-0.39, 0.29) is 23.5 Å². The standard InChI is InChI=1S/C22H30N6O4S/c1-15-7-9-26(10-8-15)21-24-25-22(27(21)13-18-4-3-11-32-18)33-14-20(29)23-19-6-5-17(28(30)31)12-16(19)2/h5-6,12,15,18H,3-4,7-11,13-14H2,1-2H3,(H,23,29). The average molecular weight is 475 g/mol. The Morgan fingerprint density at radius 2 is 2.09 bits per heavy atom. The van der Waals surface area contributed by atoms with Crippen LogP contribution in [0.25, 0.3) is 0 Å². The third-order valence-corrected chi connectivity index (χ3v) is 7.17. The number of aryl methyl sites for hydroxylation is 1. The zero-order chi connectivity index (χ0) is 23.4. The Labute approximate surface area is 197 Å². The number of ether oxygens (including phenoxy) is 1. The second kappa shape index (κ2) is 10.5. The molecule has 2 aromatic rings. The van der Waals surface area contributed by atoms with E-state index in [1.165, 1.54) is 23.9 Å². The largest absolute Gasteiger partial charge is 0.376 e. The van der Waals surface area contributed by atoms with Crippen LogP contribution in [0, 0.1) is 23.0 Å². The van der Waals surface area contributed by atoms with Crippen LogP contribution in [0.15, 0.2) is 23.4 Å². The van der Waals surface area contributed by atoms with Gasteiger partial charge in [-0.05, 0) is 50.2 Å². The Morgan fingerprint density at radius 1 is 1.30 bits per heavy atom. The van der Waals surface area contributed by atoms with Gasteiger partial charge < -0.3 is 15.0 Å². The van der Waals surface area contributed by atoms with Gasteiger partial charge in [-0.25, -0.2) is 0 Å². The maximum atomic E-state index is 12.6. The Kier molecular flexibility index (Phi) is 7.49. The van der Waals surface area contributed by atoms with Crippen LogP contribution in [0.5, 0.6) is 0 Å². The molecule has 3 heterocycles. The number of rotatable bonds is 8. The molecule has 1 unspecified atom stereocenters. The molecular formula is C22H30N6O4S. The lowest BCUT2D eigenvalue weighted by Crippen LogP contribution is -2.35. The fourth-order valence-electron chi connectivity index (χ4n) is 4.20. The predicted octanol–water partition coefficient (Wildman–Crippen LogP) is 3.64. The molecule has 0 aliphatic carbocycles. The Hall–Kier alpha value is -2.66. The SMILES string of the molecule is Cc1cc([N+](=O)[O-])ccc1NC(=O)CSc1nnc(N2CCC(C)CC2)n1CC1CCCO1. The van der Waals surface area contributed by atoms with Gasteiger partial charge in [-0.15, -0.1) is 10.2 Å². The Morgan fingerprint density at radius 3 is 2.76 bits per heavy atom. The van der Waals surface area contributed by atoms with Crippen LogP contribution in [0.4, 0.5) is 17.3 Å². The maximum absolute atomic E-state index is 12.6. The number of hydrogen-bond acceptors (Lipinski definition) is 8. The summed E-state index contributed by atoms with van der Waals surface area (Å²) in [6, 6.07) is 4.40. The molecule has 0 saturated carbocycles. The van der Waals surface area contributed by atoms with Gasteiger partial charge in [0.1, 0.15) is 0 Å². The van der Waals surface area contributed by atoms with Crippen LogP contribution in [0.1, 0.15) is 38.2 Å². The molecule has 1 amide bonds. The summed E-state index contributed by atoms with van der Waals surface area (Å²) in [4.78, 5) is 25.4. The van der Waals surface area contributed by atoms with Crippen LogP contribution >= 0.6 is 11.8 Å². The van der Waals surface area contributed by atoms with Crippen LogP contribution < -0.4 is 10.2 Å². The topological polar surface area (TPSA) is 115 Å². The molecule has 1 aromatic carbocycles.